The van der Waals surface area contributed by atoms with Crippen molar-refractivity contribution in [3.63, 3.8) is 0 Å². The van der Waals surface area contributed by atoms with E-state index in [0.717, 1.165) is 0 Å². The second kappa shape index (κ2) is 5.29. The SMILES string of the molecule is Cn1cc([N+](=O)[O-])cc1C(=O)N1CCOC(C(=O)O)C1. The van der Waals surface area contributed by atoms with E-state index in [9.17, 15) is 19.7 Å². The molecule has 1 atom stereocenters. The van der Waals surface area contributed by atoms with E-state index >= 15 is 0 Å². The van der Waals surface area contributed by atoms with Gasteiger partial charge in [0.2, 0.25) is 0 Å². The molecule has 2 rings (SSSR count). The number of hydrogen-bond acceptors (Lipinski definition) is 5. The van der Waals surface area contributed by atoms with Crippen molar-refractivity contribution in [3.05, 3.63) is 28.1 Å². The molecule has 9 heteroatoms. The van der Waals surface area contributed by atoms with Crippen LogP contribution >= 0.6 is 0 Å². The van der Waals surface area contributed by atoms with E-state index in [4.69, 9.17) is 9.84 Å². The Kier molecular flexibility index (Phi) is 3.70. The van der Waals surface area contributed by atoms with Crippen molar-refractivity contribution in [2.45, 2.75) is 6.10 Å². The first-order valence-corrected chi connectivity index (χ1v) is 5.84. The fourth-order valence-corrected chi connectivity index (χ4v) is 2.00. The van der Waals surface area contributed by atoms with Gasteiger partial charge >= 0.3 is 5.97 Å². The summed E-state index contributed by atoms with van der Waals surface area (Å²) in [4.78, 5) is 34.5. The van der Waals surface area contributed by atoms with E-state index in [1.54, 1.807) is 0 Å². The first-order chi connectivity index (χ1) is 9.40. The average Bonchev–Trinajstić information content (AvgIpc) is 2.80. The second-order valence-corrected chi connectivity index (χ2v) is 4.40. The van der Waals surface area contributed by atoms with Crippen molar-refractivity contribution in [2.75, 3.05) is 19.7 Å². The van der Waals surface area contributed by atoms with E-state index in [0.29, 0.717) is 0 Å². The molecule has 1 N–H and O–H groups in total. The van der Waals surface area contributed by atoms with Gasteiger partial charge in [0.25, 0.3) is 11.6 Å². The van der Waals surface area contributed by atoms with Gasteiger partial charge < -0.3 is 19.3 Å². The molecule has 0 saturated carbocycles. The number of carboxylic acid groups (broad SMARTS) is 1. The van der Waals surface area contributed by atoms with Gasteiger partial charge in [0.1, 0.15) is 5.69 Å². The molecule has 1 amide bonds. The molecule has 0 spiro atoms. The lowest BCUT2D eigenvalue weighted by molar-refractivity contribution is -0.384. The van der Waals surface area contributed by atoms with E-state index in [2.05, 4.69) is 0 Å². The summed E-state index contributed by atoms with van der Waals surface area (Å²) in [6.07, 6.45) is 0.172. The van der Waals surface area contributed by atoms with Crippen molar-refractivity contribution in [2.24, 2.45) is 7.05 Å². The number of aromatic nitrogens is 1. The number of rotatable bonds is 3. The summed E-state index contributed by atoms with van der Waals surface area (Å²) in [6.45, 7) is 0.296. The van der Waals surface area contributed by atoms with Crippen LogP contribution in [0.4, 0.5) is 5.69 Å². The topological polar surface area (TPSA) is 115 Å². The number of aliphatic carboxylic acids is 1. The molecule has 1 aliphatic heterocycles. The van der Waals surface area contributed by atoms with Gasteiger partial charge in [0.05, 0.1) is 24.3 Å². The van der Waals surface area contributed by atoms with E-state index < -0.39 is 22.9 Å². The van der Waals surface area contributed by atoms with Crippen LogP contribution in [0.1, 0.15) is 10.5 Å². The van der Waals surface area contributed by atoms with Crippen LogP contribution < -0.4 is 0 Å². The predicted octanol–water partition coefficient (Wildman–Crippen LogP) is -0.141. The quantitative estimate of drug-likeness (QED) is 0.609. The first-order valence-electron chi connectivity index (χ1n) is 5.84. The minimum Gasteiger partial charge on any atom is -0.479 e. The third-order valence-electron chi connectivity index (χ3n) is 3.05. The van der Waals surface area contributed by atoms with E-state index in [1.807, 2.05) is 0 Å². The van der Waals surface area contributed by atoms with Crippen molar-refractivity contribution in [1.82, 2.24) is 9.47 Å². The Balaban J connectivity index is 2.18. The lowest BCUT2D eigenvalue weighted by Gasteiger charge is -2.30. The highest BCUT2D eigenvalue weighted by molar-refractivity contribution is 5.94. The molecular formula is C11H13N3O6. The third kappa shape index (κ3) is 2.62. The number of hydrogen-bond donors (Lipinski definition) is 1. The van der Waals surface area contributed by atoms with Gasteiger partial charge in [0.15, 0.2) is 6.10 Å². The second-order valence-electron chi connectivity index (χ2n) is 4.40. The Labute approximate surface area is 113 Å². The van der Waals surface area contributed by atoms with Crippen molar-refractivity contribution in [3.8, 4) is 0 Å². The standard InChI is InChI=1S/C11H13N3O6/c1-12-5-7(14(18)19)4-8(12)10(15)13-2-3-20-9(6-13)11(16)17/h4-5,9H,2-3,6H2,1H3,(H,16,17). The lowest BCUT2D eigenvalue weighted by Crippen LogP contribution is -2.48. The van der Waals surface area contributed by atoms with E-state index in [1.165, 1.54) is 28.8 Å². The molecule has 0 aromatic carbocycles. The van der Waals surface area contributed by atoms with Crippen molar-refractivity contribution < 1.29 is 24.4 Å². The Morgan fingerprint density at radius 3 is 2.80 bits per heavy atom. The normalized spacial score (nSPS) is 18.9. The molecule has 1 aromatic rings. The Hall–Kier alpha value is -2.42. The molecule has 20 heavy (non-hydrogen) atoms. The fraction of sp³-hybridized carbons (Fsp3) is 0.455. The maximum absolute atomic E-state index is 12.3. The van der Waals surface area contributed by atoms with Crippen LogP contribution in [0.2, 0.25) is 0 Å². The van der Waals surface area contributed by atoms with Crippen LogP contribution in [-0.2, 0) is 16.6 Å². The molecule has 1 fully saturated rings. The summed E-state index contributed by atoms with van der Waals surface area (Å²) in [7, 11) is 1.52. The number of carbonyl (C=O) groups is 2. The zero-order valence-corrected chi connectivity index (χ0v) is 10.7. The zero-order valence-electron chi connectivity index (χ0n) is 10.7. The van der Waals surface area contributed by atoms with Gasteiger partial charge in [-0.05, 0) is 0 Å². The van der Waals surface area contributed by atoms with Crippen LogP contribution in [0.25, 0.3) is 0 Å². The first kappa shape index (κ1) is 14.0. The van der Waals surface area contributed by atoms with Crippen LogP contribution in [0, 0.1) is 10.1 Å². The minimum absolute atomic E-state index is 0.0762. The Morgan fingerprint density at radius 1 is 1.55 bits per heavy atom. The number of morpholine rings is 1. The monoisotopic (exact) mass is 283 g/mol. The van der Waals surface area contributed by atoms with Gasteiger partial charge in [-0.3, -0.25) is 14.9 Å². The Morgan fingerprint density at radius 2 is 2.25 bits per heavy atom. The maximum atomic E-state index is 12.3. The third-order valence-corrected chi connectivity index (χ3v) is 3.05. The molecule has 108 valence electrons. The molecule has 0 aliphatic carbocycles. The smallest absolute Gasteiger partial charge is 0.334 e. The number of carbonyl (C=O) groups excluding carboxylic acids is 1. The highest BCUT2D eigenvalue weighted by atomic mass is 16.6. The highest BCUT2D eigenvalue weighted by Crippen LogP contribution is 2.18. The zero-order chi connectivity index (χ0) is 14.9. The summed E-state index contributed by atoms with van der Waals surface area (Å²) in [5.41, 5.74) is -0.0402. The van der Waals surface area contributed by atoms with Gasteiger partial charge in [-0.15, -0.1) is 0 Å². The molecule has 1 aromatic heterocycles. The molecule has 1 aliphatic rings. The van der Waals surface area contributed by atoms with Crippen molar-refractivity contribution >= 4 is 17.6 Å². The highest BCUT2D eigenvalue weighted by Gasteiger charge is 2.31. The summed E-state index contributed by atoms with van der Waals surface area (Å²) in [5.74, 6) is -1.59. The van der Waals surface area contributed by atoms with Crippen LogP contribution in [0.5, 0.6) is 0 Å². The Bertz CT molecular complexity index is 567. The van der Waals surface area contributed by atoms with Gasteiger partial charge in [-0.1, -0.05) is 0 Å². The number of aryl methyl sites for hydroxylation is 1. The molecule has 0 radical (unpaired) electrons. The summed E-state index contributed by atoms with van der Waals surface area (Å²) in [6, 6.07) is 1.17. The van der Waals surface area contributed by atoms with Crippen LogP contribution in [0.3, 0.4) is 0 Å². The average molecular weight is 283 g/mol. The van der Waals surface area contributed by atoms with E-state index in [-0.39, 0.29) is 31.1 Å². The molecule has 0 bridgehead atoms. The predicted molar refractivity (Wildman–Crippen MR) is 65.3 cm³/mol. The minimum atomic E-state index is -1.14. The van der Waals surface area contributed by atoms with Crippen LogP contribution in [0.15, 0.2) is 12.3 Å². The molecule has 1 unspecified atom stereocenters. The number of ether oxygens (including phenoxy) is 1. The number of nitro groups is 1. The summed E-state index contributed by atoms with van der Waals surface area (Å²) >= 11 is 0. The van der Waals surface area contributed by atoms with Crippen molar-refractivity contribution in [1.29, 1.82) is 0 Å². The summed E-state index contributed by atoms with van der Waals surface area (Å²) in [5, 5.41) is 19.6. The number of carboxylic acids is 1. The van der Waals surface area contributed by atoms with Crippen LogP contribution in [-0.4, -0.2) is 57.2 Å². The maximum Gasteiger partial charge on any atom is 0.334 e. The van der Waals surface area contributed by atoms with Gasteiger partial charge in [-0.25, -0.2) is 4.79 Å². The molecule has 1 saturated heterocycles. The lowest BCUT2D eigenvalue weighted by atomic mass is 10.2. The number of amides is 1. The largest absolute Gasteiger partial charge is 0.479 e. The number of nitrogens with zero attached hydrogens (tertiary/aromatic N) is 3. The molecule has 2 heterocycles. The summed E-state index contributed by atoms with van der Waals surface area (Å²) < 4.78 is 6.37. The van der Waals surface area contributed by atoms with Gasteiger partial charge in [0, 0.05) is 19.7 Å². The van der Waals surface area contributed by atoms with Gasteiger partial charge in [-0.2, -0.15) is 0 Å². The molecule has 9 nitrogen and oxygen atoms in total. The molecular weight excluding hydrogens is 270 g/mol. The fourth-order valence-electron chi connectivity index (χ4n) is 2.00.